The van der Waals surface area contributed by atoms with Gasteiger partial charge in [0.2, 0.25) is 5.88 Å². The number of ether oxygens (including phenoxy) is 1. The van der Waals surface area contributed by atoms with E-state index in [1.807, 2.05) is 0 Å². The lowest BCUT2D eigenvalue weighted by Gasteiger charge is -2.14. The van der Waals surface area contributed by atoms with Crippen LogP contribution in [0, 0.1) is 0 Å². The Morgan fingerprint density at radius 2 is 2.04 bits per heavy atom. The molecule has 1 amide bonds. The molecule has 0 spiro atoms. The minimum atomic E-state index is -4.55. The average molecular weight is 407 g/mol. The van der Waals surface area contributed by atoms with Crippen molar-refractivity contribution in [2.24, 2.45) is 0 Å². The van der Waals surface area contributed by atoms with Gasteiger partial charge in [0.15, 0.2) is 0 Å². The molecule has 27 heavy (non-hydrogen) atoms. The summed E-state index contributed by atoms with van der Waals surface area (Å²) in [7, 11) is 2.73. The molecule has 0 N–H and O–H groups in total. The average Bonchev–Trinajstić information content (AvgIpc) is 2.95. The van der Waals surface area contributed by atoms with E-state index in [4.69, 9.17) is 21.2 Å². The van der Waals surface area contributed by atoms with Crippen LogP contribution in [-0.2, 0) is 17.6 Å². The van der Waals surface area contributed by atoms with E-state index < -0.39 is 17.6 Å². The van der Waals surface area contributed by atoms with Crippen LogP contribution in [0.4, 0.5) is 13.2 Å². The number of hydrogen-bond donors (Lipinski definition) is 0. The van der Waals surface area contributed by atoms with Crippen molar-refractivity contribution in [3.8, 4) is 5.88 Å². The van der Waals surface area contributed by atoms with Gasteiger partial charge in [0.25, 0.3) is 5.91 Å². The summed E-state index contributed by atoms with van der Waals surface area (Å²) in [5, 5.41) is 4.96. The Kier molecular flexibility index (Phi) is 6.32. The van der Waals surface area contributed by atoms with E-state index in [1.165, 1.54) is 24.9 Å². The molecule has 2 aromatic heterocycles. The Morgan fingerprint density at radius 1 is 1.37 bits per heavy atom. The highest BCUT2D eigenvalue weighted by molar-refractivity contribution is 6.31. The van der Waals surface area contributed by atoms with Crippen LogP contribution in [0.3, 0.4) is 0 Å². The highest BCUT2D eigenvalue weighted by Gasteiger charge is 2.31. The van der Waals surface area contributed by atoms with Crippen LogP contribution in [0.2, 0.25) is 5.02 Å². The molecular weight excluding hydrogens is 389 g/mol. The van der Waals surface area contributed by atoms with Crippen molar-refractivity contribution in [1.29, 1.82) is 0 Å². The van der Waals surface area contributed by atoms with Gasteiger partial charge in [-0.25, -0.2) is 9.75 Å². The molecule has 0 aliphatic carbocycles. The summed E-state index contributed by atoms with van der Waals surface area (Å²) in [5.74, 6) is -0.340. The molecule has 0 radical (unpaired) electrons. The number of carbonyl (C=O) groups excluding carboxylic acids is 1. The maximum absolute atomic E-state index is 12.8. The number of halogens is 4. The molecule has 0 bridgehead atoms. The Bertz CT molecular complexity index is 824. The molecule has 11 heteroatoms. The monoisotopic (exact) mass is 406 g/mol. The predicted octanol–water partition coefficient (Wildman–Crippen LogP) is 3.42. The van der Waals surface area contributed by atoms with Crippen molar-refractivity contribution >= 4 is 17.5 Å². The molecule has 0 aliphatic heterocycles. The standard InChI is InChI=1S/C16H18ClF3N4O3/c1-9(2)27-14-6-13(15(25)23(3)26-4)24(22-14)8-12-11(17)5-10(7-21-12)16(18,19)20/h5-7,9H,8H2,1-4H3. The maximum Gasteiger partial charge on any atom is 0.417 e. The van der Waals surface area contributed by atoms with Gasteiger partial charge < -0.3 is 4.74 Å². The zero-order valence-corrected chi connectivity index (χ0v) is 15.8. The van der Waals surface area contributed by atoms with Gasteiger partial charge in [-0.1, -0.05) is 11.6 Å². The van der Waals surface area contributed by atoms with E-state index >= 15 is 0 Å². The lowest BCUT2D eigenvalue weighted by atomic mass is 10.2. The van der Waals surface area contributed by atoms with E-state index in [0.717, 1.165) is 11.1 Å². The van der Waals surface area contributed by atoms with E-state index in [-0.39, 0.29) is 34.9 Å². The van der Waals surface area contributed by atoms with Gasteiger partial charge in [-0.3, -0.25) is 14.6 Å². The zero-order chi connectivity index (χ0) is 20.4. The summed E-state index contributed by atoms with van der Waals surface area (Å²) < 4.78 is 45.0. The maximum atomic E-state index is 12.8. The first kappa shape index (κ1) is 21.0. The van der Waals surface area contributed by atoms with Crippen molar-refractivity contribution in [2.45, 2.75) is 32.7 Å². The molecular formula is C16H18ClF3N4O3. The quantitative estimate of drug-likeness (QED) is 0.687. The lowest BCUT2D eigenvalue weighted by molar-refractivity contribution is -0.137. The Labute approximate surface area is 158 Å². The second kappa shape index (κ2) is 8.13. The van der Waals surface area contributed by atoms with Crippen LogP contribution < -0.4 is 4.74 Å². The van der Waals surface area contributed by atoms with Gasteiger partial charge in [0, 0.05) is 19.3 Å². The van der Waals surface area contributed by atoms with E-state index in [0.29, 0.717) is 6.20 Å². The van der Waals surface area contributed by atoms with Gasteiger partial charge in [0.05, 0.1) is 36.0 Å². The summed E-state index contributed by atoms with van der Waals surface area (Å²) in [6, 6.07) is 2.19. The van der Waals surface area contributed by atoms with Crippen molar-refractivity contribution in [2.75, 3.05) is 14.2 Å². The van der Waals surface area contributed by atoms with Gasteiger partial charge >= 0.3 is 6.18 Å². The van der Waals surface area contributed by atoms with E-state index in [9.17, 15) is 18.0 Å². The summed E-state index contributed by atoms with van der Waals surface area (Å²) in [4.78, 5) is 21.1. The lowest BCUT2D eigenvalue weighted by Crippen LogP contribution is -2.28. The third kappa shape index (κ3) is 5.10. The van der Waals surface area contributed by atoms with Crippen LogP contribution in [0.5, 0.6) is 5.88 Å². The number of carbonyl (C=O) groups is 1. The Morgan fingerprint density at radius 3 is 2.56 bits per heavy atom. The van der Waals surface area contributed by atoms with Gasteiger partial charge in [-0.05, 0) is 19.9 Å². The number of alkyl halides is 3. The fourth-order valence-electron chi connectivity index (χ4n) is 2.11. The van der Waals surface area contributed by atoms with E-state index in [1.54, 1.807) is 13.8 Å². The molecule has 2 rings (SSSR count). The number of amides is 1. The molecule has 7 nitrogen and oxygen atoms in total. The van der Waals surface area contributed by atoms with Crippen LogP contribution in [0.25, 0.3) is 0 Å². The Balaban J connectivity index is 2.39. The fraction of sp³-hybridized carbons (Fsp3) is 0.438. The minimum absolute atomic E-state index is 0.104. The van der Waals surface area contributed by atoms with Crippen LogP contribution in [0.1, 0.15) is 35.6 Å². The molecule has 0 aromatic carbocycles. The molecule has 2 aromatic rings. The van der Waals surface area contributed by atoms with Crippen molar-refractivity contribution < 1.29 is 27.5 Å². The van der Waals surface area contributed by atoms with Crippen LogP contribution in [0.15, 0.2) is 18.3 Å². The van der Waals surface area contributed by atoms with Gasteiger partial charge in [0.1, 0.15) is 5.69 Å². The second-order valence-corrected chi connectivity index (χ2v) is 6.23. The summed E-state index contributed by atoms with van der Waals surface area (Å²) in [6.07, 6.45) is -4.07. The fourth-order valence-corrected chi connectivity index (χ4v) is 2.33. The Hall–Kier alpha value is -2.33. The third-order valence-electron chi connectivity index (χ3n) is 3.44. The number of nitrogens with zero attached hydrogens (tertiary/aromatic N) is 4. The molecule has 0 fully saturated rings. The smallest absolute Gasteiger partial charge is 0.417 e. The van der Waals surface area contributed by atoms with Crippen LogP contribution >= 0.6 is 11.6 Å². The molecule has 0 saturated heterocycles. The highest BCUT2D eigenvalue weighted by atomic mass is 35.5. The predicted molar refractivity (Wildman–Crippen MR) is 90.4 cm³/mol. The van der Waals surface area contributed by atoms with Crippen molar-refractivity contribution in [1.82, 2.24) is 19.8 Å². The molecule has 0 atom stereocenters. The number of pyridine rings is 1. The first-order chi connectivity index (χ1) is 12.5. The number of hydroxylamine groups is 2. The van der Waals surface area contributed by atoms with Crippen molar-refractivity contribution in [3.05, 3.63) is 40.3 Å². The number of hydrogen-bond acceptors (Lipinski definition) is 5. The zero-order valence-electron chi connectivity index (χ0n) is 15.0. The molecule has 0 saturated carbocycles. The normalized spacial score (nSPS) is 11.7. The topological polar surface area (TPSA) is 69.5 Å². The number of aromatic nitrogens is 3. The minimum Gasteiger partial charge on any atom is -0.474 e. The SMILES string of the molecule is CON(C)C(=O)c1cc(OC(C)C)nn1Cc1ncc(C(F)(F)F)cc1Cl. The number of rotatable bonds is 6. The molecule has 148 valence electrons. The molecule has 2 heterocycles. The summed E-state index contributed by atoms with van der Waals surface area (Å²) >= 11 is 5.94. The third-order valence-corrected chi connectivity index (χ3v) is 3.76. The van der Waals surface area contributed by atoms with Gasteiger partial charge in [-0.2, -0.15) is 13.2 Å². The summed E-state index contributed by atoms with van der Waals surface area (Å²) in [6.45, 7) is 3.45. The summed E-state index contributed by atoms with van der Waals surface area (Å²) in [5.41, 5.74) is -0.735. The molecule has 0 unspecified atom stereocenters. The largest absolute Gasteiger partial charge is 0.474 e. The van der Waals surface area contributed by atoms with Crippen molar-refractivity contribution in [3.63, 3.8) is 0 Å². The molecule has 0 aliphatic rings. The highest BCUT2D eigenvalue weighted by Crippen LogP contribution is 2.31. The second-order valence-electron chi connectivity index (χ2n) is 5.83. The van der Waals surface area contributed by atoms with Gasteiger partial charge in [-0.15, -0.1) is 5.10 Å². The van der Waals surface area contributed by atoms with E-state index in [2.05, 4.69) is 10.1 Å². The first-order valence-electron chi connectivity index (χ1n) is 7.81. The van der Waals surface area contributed by atoms with Crippen LogP contribution in [-0.4, -0.2) is 46.0 Å². The first-order valence-corrected chi connectivity index (χ1v) is 8.19.